The molecule has 0 unspecified atom stereocenters. The van der Waals surface area contributed by atoms with Gasteiger partial charge in [0.2, 0.25) is 5.91 Å². The zero-order valence-electron chi connectivity index (χ0n) is 19.0. The summed E-state index contributed by atoms with van der Waals surface area (Å²) < 4.78 is 11.4. The summed E-state index contributed by atoms with van der Waals surface area (Å²) >= 11 is 1.44. The topological polar surface area (TPSA) is 98.9 Å². The molecule has 2 aromatic rings. The maximum Gasteiger partial charge on any atom is 0.356 e. The smallest absolute Gasteiger partial charge is 0.356 e. The van der Waals surface area contributed by atoms with Crippen molar-refractivity contribution in [2.45, 2.75) is 31.4 Å². The molecule has 0 spiro atoms. The van der Waals surface area contributed by atoms with Crippen molar-refractivity contribution in [2.75, 3.05) is 12.4 Å². The largest absolute Gasteiger partial charge is 0.458 e. The molecule has 2 N–H and O–H groups in total. The first-order chi connectivity index (χ1) is 16.4. The Morgan fingerprint density at radius 3 is 2.24 bits per heavy atom. The van der Waals surface area contributed by atoms with Crippen LogP contribution in [0.1, 0.15) is 31.1 Å². The van der Waals surface area contributed by atoms with E-state index in [2.05, 4.69) is 0 Å². The van der Waals surface area contributed by atoms with Crippen LogP contribution in [0.3, 0.4) is 0 Å². The van der Waals surface area contributed by atoms with Crippen LogP contribution in [-0.4, -0.2) is 46.5 Å². The second-order valence-electron chi connectivity index (χ2n) is 8.32. The molecule has 2 heterocycles. The predicted molar refractivity (Wildman–Crippen MR) is 129 cm³/mol. The molecule has 0 aromatic heterocycles. The fourth-order valence-electron chi connectivity index (χ4n) is 3.86. The Morgan fingerprint density at radius 2 is 1.68 bits per heavy atom. The van der Waals surface area contributed by atoms with Gasteiger partial charge in [0, 0.05) is 17.4 Å². The standard InChI is InChI=1S/C26H26N2O5S/c1-16(2)13-20(29)32-14-19-15-34-25-21(27)24(30)28(25)22(19)26(31)33-23(17-9-5-3-6-10-17)18-11-7-4-8-12-18/h3-13,21,23,25H,14-15,27H2,1-2H3/t21-,25-/m1/s1. The molecule has 2 aliphatic heterocycles. The van der Waals surface area contributed by atoms with Gasteiger partial charge in [0.05, 0.1) is 0 Å². The summed E-state index contributed by atoms with van der Waals surface area (Å²) in [7, 11) is 0. The van der Waals surface area contributed by atoms with Gasteiger partial charge in [-0.25, -0.2) is 9.59 Å². The van der Waals surface area contributed by atoms with Gasteiger partial charge in [-0.1, -0.05) is 66.2 Å². The molecule has 0 saturated carbocycles. The van der Waals surface area contributed by atoms with Gasteiger partial charge in [-0.3, -0.25) is 9.69 Å². The number of amides is 1. The van der Waals surface area contributed by atoms with Crippen LogP contribution in [0, 0.1) is 0 Å². The average Bonchev–Trinajstić information content (AvgIpc) is 2.85. The molecule has 0 aliphatic carbocycles. The van der Waals surface area contributed by atoms with Crippen LogP contribution in [0.15, 0.2) is 83.6 Å². The Hall–Kier alpha value is -3.36. The van der Waals surface area contributed by atoms with Crippen LogP contribution in [-0.2, 0) is 23.9 Å². The van der Waals surface area contributed by atoms with Gasteiger partial charge in [0.15, 0.2) is 6.10 Å². The number of ether oxygens (including phenoxy) is 2. The normalized spacial score (nSPS) is 19.3. The summed E-state index contributed by atoms with van der Waals surface area (Å²) in [4.78, 5) is 39.6. The van der Waals surface area contributed by atoms with Gasteiger partial charge in [-0.2, -0.15) is 0 Å². The number of carbonyl (C=O) groups is 3. The molecule has 0 radical (unpaired) electrons. The number of hydrogen-bond acceptors (Lipinski definition) is 7. The molecular formula is C26H26N2O5S. The molecule has 8 heteroatoms. The molecule has 176 valence electrons. The molecule has 1 saturated heterocycles. The van der Waals surface area contributed by atoms with Crippen LogP contribution < -0.4 is 5.73 Å². The highest BCUT2D eigenvalue weighted by Crippen LogP contribution is 2.40. The van der Waals surface area contributed by atoms with E-state index in [1.165, 1.54) is 22.7 Å². The third kappa shape index (κ3) is 4.93. The van der Waals surface area contributed by atoms with Crippen LogP contribution >= 0.6 is 11.8 Å². The number of carbonyl (C=O) groups excluding carboxylic acids is 3. The molecule has 7 nitrogen and oxygen atoms in total. The first kappa shape index (κ1) is 23.8. The van der Waals surface area contributed by atoms with E-state index in [-0.39, 0.29) is 23.6 Å². The highest BCUT2D eigenvalue weighted by Gasteiger charge is 2.52. The molecule has 2 atom stereocenters. The number of β-lactam (4-membered cyclic amide) rings is 1. The van der Waals surface area contributed by atoms with Gasteiger partial charge >= 0.3 is 11.9 Å². The Kier molecular flexibility index (Phi) is 7.19. The average molecular weight is 479 g/mol. The molecule has 34 heavy (non-hydrogen) atoms. The van der Waals surface area contributed by atoms with Crippen LogP contribution in [0.4, 0.5) is 0 Å². The van der Waals surface area contributed by atoms with E-state index >= 15 is 0 Å². The minimum Gasteiger partial charge on any atom is -0.458 e. The first-order valence-electron chi connectivity index (χ1n) is 10.9. The Bertz CT molecular complexity index is 1100. The lowest BCUT2D eigenvalue weighted by molar-refractivity contribution is -0.153. The predicted octanol–water partition coefficient (Wildman–Crippen LogP) is 3.33. The zero-order valence-corrected chi connectivity index (χ0v) is 19.8. The van der Waals surface area contributed by atoms with E-state index in [1.54, 1.807) is 13.8 Å². The maximum atomic E-state index is 13.6. The Labute approximate surface area is 202 Å². The number of esters is 2. The Morgan fingerprint density at radius 1 is 1.09 bits per heavy atom. The fourth-order valence-corrected chi connectivity index (χ4v) is 5.14. The van der Waals surface area contributed by atoms with Crippen molar-refractivity contribution >= 4 is 29.6 Å². The lowest BCUT2D eigenvalue weighted by Gasteiger charge is -2.48. The molecule has 1 amide bonds. The summed E-state index contributed by atoms with van der Waals surface area (Å²) in [5, 5.41) is -0.348. The SMILES string of the molecule is CC(C)=CC(=O)OCC1=C(C(=O)OC(c2ccccc2)c2ccccc2)N2C(=O)[C@@H](N)[C@H]2SC1. The van der Waals surface area contributed by atoms with Crippen molar-refractivity contribution in [3.8, 4) is 0 Å². The quantitative estimate of drug-likeness (QED) is 0.370. The zero-order chi connectivity index (χ0) is 24.2. The van der Waals surface area contributed by atoms with Gasteiger partial charge in [0.25, 0.3) is 0 Å². The van der Waals surface area contributed by atoms with E-state index in [1.807, 2.05) is 60.7 Å². The van der Waals surface area contributed by atoms with E-state index < -0.39 is 24.1 Å². The fraction of sp³-hybridized carbons (Fsp3) is 0.269. The van der Waals surface area contributed by atoms with Gasteiger partial charge < -0.3 is 15.2 Å². The number of hydrogen-bond donors (Lipinski definition) is 1. The van der Waals surface area contributed by atoms with Crippen LogP contribution in [0.25, 0.3) is 0 Å². The lowest BCUT2D eigenvalue weighted by atomic mass is 10.0. The third-order valence-corrected chi connectivity index (χ3v) is 6.87. The Balaban J connectivity index is 1.66. The minimum absolute atomic E-state index is 0.109. The minimum atomic E-state index is -0.679. The summed E-state index contributed by atoms with van der Waals surface area (Å²) in [6.07, 6.45) is 0.707. The number of allylic oxidation sites excluding steroid dienone is 1. The van der Waals surface area contributed by atoms with Gasteiger partial charge in [-0.15, -0.1) is 11.8 Å². The van der Waals surface area contributed by atoms with Crippen molar-refractivity contribution in [3.63, 3.8) is 0 Å². The molecule has 1 fully saturated rings. The first-order valence-corrected chi connectivity index (χ1v) is 12.0. The van der Waals surface area contributed by atoms with E-state index in [4.69, 9.17) is 15.2 Å². The monoisotopic (exact) mass is 478 g/mol. The second kappa shape index (κ2) is 10.3. The number of nitrogens with zero attached hydrogens (tertiary/aromatic N) is 1. The highest BCUT2D eigenvalue weighted by molar-refractivity contribution is 8.00. The van der Waals surface area contributed by atoms with Crippen molar-refractivity contribution in [1.82, 2.24) is 4.90 Å². The van der Waals surface area contributed by atoms with Crippen molar-refractivity contribution in [2.24, 2.45) is 5.73 Å². The third-order valence-electron chi connectivity index (χ3n) is 5.51. The van der Waals surface area contributed by atoms with Crippen molar-refractivity contribution in [3.05, 3.63) is 94.7 Å². The number of rotatable bonds is 7. The van der Waals surface area contributed by atoms with E-state index in [0.717, 1.165) is 16.7 Å². The summed E-state index contributed by atoms with van der Waals surface area (Å²) in [5.41, 5.74) is 8.99. The summed E-state index contributed by atoms with van der Waals surface area (Å²) in [6, 6.07) is 18.1. The van der Waals surface area contributed by atoms with E-state index in [9.17, 15) is 14.4 Å². The second-order valence-corrected chi connectivity index (χ2v) is 9.43. The summed E-state index contributed by atoms with van der Waals surface area (Å²) in [5.74, 6) is -1.12. The van der Waals surface area contributed by atoms with Gasteiger partial charge in [-0.05, 0) is 25.0 Å². The molecule has 2 aromatic carbocycles. The highest BCUT2D eigenvalue weighted by atomic mass is 32.2. The number of fused-ring (bicyclic) bond motifs is 1. The lowest BCUT2D eigenvalue weighted by Crippen LogP contribution is -2.68. The molecular weight excluding hydrogens is 452 g/mol. The maximum absolute atomic E-state index is 13.6. The van der Waals surface area contributed by atoms with Crippen LogP contribution in [0.5, 0.6) is 0 Å². The number of thioether (sulfide) groups is 1. The van der Waals surface area contributed by atoms with Crippen molar-refractivity contribution < 1.29 is 23.9 Å². The van der Waals surface area contributed by atoms with Crippen molar-refractivity contribution in [1.29, 1.82) is 0 Å². The molecule has 4 rings (SSSR count). The number of nitrogens with two attached hydrogens (primary N) is 1. The molecule has 2 aliphatic rings. The van der Waals surface area contributed by atoms with Gasteiger partial charge in [0.1, 0.15) is 23.7 Å². The number of benzene rings is 2. The van der Waals surface area contributed by atoms with E-state index in [0.29, 0.717) is 11.3 Å². The molecule has 0 bridgehead atoms. The summed E-state index contributed by atoms with van der Waals surface area (Å²) in [6.45, 7) is 3.46. The van der Waals surface area contributed by atoms with Crippen LogP contribution in [0.2, 0.25) is 0 Å².